The van der Waals surface area contributed by atoms with E-state index in [1.54, 1.807) is 19.2 Å². The van der Waals surface area contributed by atoms with Crippen LogP contribution < -0.4 is 10.2 Å². The van der Waals surface area contributed by atoms with Crippen LogP contribution in [0.4, 0.5) is 0 Å². The summed E-state index contributed by atoms with van der Waals surface area (Å²) >= 11 is 0. The highest BCUT2D eigenvalue weighted by molar-refractivity contribution is 7.89. The SMILES string of the molecule is CC/C(=N/NC(=O)c1cccc(S(=O)(=O)N2CCCC2)c1)c1ccc(OC)cc1. The molecule has 1 fully saturated rings. The van der Waals surface area contributed by atoms with Crippen molar-refractivity contribution >= 4 is 21.6 Å². The van der Waals surface area contributed by atoms with Gasteiger partial charge in [-0.15, -0.1) is 0 Å². The predicted molar refractivity (Wildman–Crippen MR) is 112 cm³/mol. The van der Waals surface area contributed by atoms with E-state index in [0.29, 0.717) is 25.2 Å². The van der Waals surface area contributed by atoms with Gasteiger partial charge in [-0.2, -0.15) is 9.41 Å². The van der Waals surface area contributed by atoms with Crippen LogP contribution in [0.5, 0.6) is 5.75 Å². The lowest BCUT2D eigenvalue weighted by atomic mass is 10.1. The highest BCUT2D eigenvalue weighted by Crippen LogP contribution is 2.21. The fraction of sp³-hybridized carbons (Fsp3) is 0.333. The molecule has 1 amide bonds. The van der Waals surface area contributed by atoms with Gasteiger partial charge >= 0.3 is 0 Å². The Bertz CT molecular complexity index is 995. The summed E-state index contributed by atoms with van der Waals surface area (Å²) in [5, 5.41) is 4.23. The molecule has 1 N–H and O–H groups in total. The van der Waals surface area contributed by atoms with Crippen LogP contribution >= 0.6 is 0 Å². The fourth-order valence-corrected chi connectivity index (χ4v) is 4.75. The van der Waals surface area contributed by atoms with E-state index in [9.17, 15) is 13.2 Å². The predicted octanol–water partition coefficient (Wildman–Crippen LogP) is 3.02. The van der Waals surface area contributed by atoms with Crippen molar-refractivity contribution in [1.29, 1.82) is 0 Å². The first-order valence-electron chi connectivity index (χ1n) is 9.57. The molecule has 2 aromatic rings. The highest BCUT2D eigenvalue weighted by Gasteiger charge is 2.27. The maximum Gasteiger partial charge on any atom is 0.271 e. The Morgan fingerprint density at radius 3 is 2.41 bits per heavy atom. The van der Waals surface area contributed by atoms with Gasteiger partial charge in [0.25, 0.3) is 5.91 Å². The maximum absolute atomic E-state index is 12.7. The third kappa shape index (κ3) is 4.83. The number of hydrazone groups is 1. The first kappa shape index (κ1) is 21.0. The number of benzene rings is 2. The molecule has 0 saturated carbocycles. The molecule has 3 rings (SSSR count). The smallest absolute Gasteiger partial charge is 0.271 e. The van der Waals surface area contributed by atoms with Crippen LogP contribution in [0.1, 0.15) is 42.1 Å². The normalized spacial score (nSPS) is 15.3. The van der Waals surface area contributed by atoms with Crippen LogP contribution in [0.3, 0.4) is 0 Å². The minimum atomic E-state index is -3.57. The summed E-state index contributed by atoms with van der Waals surface area (Å²) in [7, 11) is -1.98. The molecule has 154 valence electrons. The number of nitrogens with one attached hydrogen (secondary N) is 1. The Morgan fingerprint density at radius 1 is 1.10 bits per heavy atom. The summed E-state index contributed by atoms with van der Waals surface area (Å²) in [6.07, 6.45) is 2.34. The second-order valence-corrected chi connectivity index (χ2v) is 8.66. The zero-order valence-corrected chi connectivity index (χ0v) is 17.4. The van der Waals surface area contributed by atoms with Crippen LogP contribution in [-0.4, -0.2) is 44.5 Å². The van der Waals surface area contributed by atoms with Gasteiger partial charge in [-0.05, 0) is 67.3 Å². The molecule has 0 aromatic heterocycles. The third-order valence-corrected chi connectivity index (χ3v) is 6.74. The average Bonchev–Trinajstić information content (AvgIpc) is 3.30. The van der Waals surface area contributed by atoms with Crippen molar-refractivity contribution in [3.05, 3.63) is 59.7 Å². The van der Waals surface area contributed by atoms with Crippen molar-refractivity contribution in [2.75, 3.05) is 20.2 Å². The minimum Gasteiger partial charge on any atom is -0.497 e. The minimum absolute atomic E-state index is 0.127. The summed E-state index contributed by atoms with van der Waals surface area (Å²) in [6.45, 7) is 2.98. The molecular formula is C21H25N3O4S. The molecule has 8 heteroatoms. The fourth-order valence-electron chi connectivity index (χ4n) is 3.19. The molecule has 2 aromatic carbocycles. The first-order chi connectivity index (χ1) is 14.0. The molecule has 0 radical (unpaired) electrons. The third-order valence-electron chi connectivity index (χ3n) is 4.85. The lowest BCUT2D eigenvalue weighted by Gasteiger charge is -2.15. The van der Waals surface area contributed by atoms with Crippen LogP contribution in [0.15, 0.2) is 58.5 Å². The van der Waals surface area contributed by atoms with Gasteiger partial charge in [0, 0.05) is 18.7 Å². The van der Waals surface area contributed by atoms with E-state index in [2.05, 4.69) is 10.5 Å². The standard InChI is InChI=1S/C21H25N3O4S/c1-3-20(16-9-11-18(28-2)12-10-16)22-23-21(25)17-7-6-8-19(15-17)29(26,27)24-13-4-5-14-24/h6-12,15H,3-5,13-14H2,1-2H3,(H,23,25)/b22-20-. The molecule has 1 heterocycles. The Labute approximate surface area is 171 Å². The van der Waals surface area contributed by atoms with Crippen LogP contribution in [-0.2, 0) is 10.0 Å². The van der Waals surface area contributed by atoms with Gasteiger partial charge in [0.1, 0.15) is 5.75 Å². The van der Waals surface area contributed by atoms with Crippen LogP contribution in [0.25, 0.3) is 0 Å². The second-order valence-electron chi connectivity index (χ2n) is 6.72. The van der Waals surface area contributed by atoms with Crippen LogP contribution in [0, 0.1) is 0 Å². The van der Waals surface area contributed by atoms with Crippen LogP contribution in [0.2, 0.25) is 0 Å². The van der Waals surface area contributed by atoms with Gasteiger partial charge in [-0.1, -0.05) is 13.0 Å². The van der Waals surface area contributed by atoms with Gasteiger partial charge in [-0.3, -0.25) is 4.79 Å². The topological polar surface area (TPSA) is 88.1 Å². The Balaban J connectivity index is 1.77. The molecule has 0 spiro atoms. The van der Waals surface area contributed by atoms with Gasteiger partial charge in [-0.25, -0.2) is 13.8 Å². The highest BCUT2D eigenvalue weighted by atomic mass is 32.2. The number of methoxy groups -OCH3 is 1. The number of ether oxygens (including phenoxy) is 1. The number of amides is 1. The zero-order valence-electron chi connectivity index (χ0n) is 16.6. The molecular weight excluding hydrogens is 390 g/mol. The van der Waals surface area contributed by atoms with E-state index < -0.39 is 15.9 Å². The number of hydrogen-bond acceptors (Lipinski definition) is 5. The molecule has 0 unspecified atom stereocenters. The van der Waals surface area contributed by atoms with E-state index in [1.165, 1.54) is 16.4 Å². The van der Waals surface area contributed by atoms with Crippen molar-refractivity contribution in [1.82, 2.24) is 9.73 Å². The van der Waals surface area contributed by atoms with Gasteiger partial charge in [0.15, 0.2) is 0 Å². The Morgan fingerprint density at radius 2 is 1.79 bits per heavy atom. The molecule has 29 heavy (non-hydrogen) atoms. The lowest BCUT2D eigenvalue weighted by molar-refractivity contribution is 0.0954. The molecule has 0 atom stereocenters. The quantitative estimate of drug-likeness (QED) is 0.556. The van der Waals surface area contributed by atoms with E-state index in [-0.39, 0.29) is 10.5 Å². The molecule has 1 saturated heterocycles. The Kier molecular flexibility index (Phi) is 6.66. The molecule has 0 aliphatic carbocycles. The molecule has 1 aliphatic heterocycles. The van der Waals surface area contributed by atoms with Gasteiger partial charge in [0.2, 0.25) is 10.0 Å². The molecule has 1 aliphatic rings. The first-order valence-corrected chi connectivity index (χ1v) is 11.0. The van der Waals surface area contributed by atoms with Crippen molar-refractivity contribution in [2.45, 2.75) is 31.1 Å². The lowest BCUT2D eigenvalue weighted by Crippen LogP contribution is -2.28. The maximum atomic E-state index is 12.7. The molecule has 0 bridgehead atoms. The van der Waals surface area contributed by atoms with E-state index in [0.717, 1.165) is 24.2 Å². The largest absolute Gasteiger partial charge is 0.497 e. The van der Waals surface area contributed by atoms with Crippen molar-refractivity contribution in [3.8, 4) is 5.75 Å². The summed E-state index contributed by atoms with van der Waals surface area (Å²) < 4.78 is 32.0. The van der Waals surface area contributed by atoms with E-state index in [4.69, 9.17) is 4.74 Å². The number of hydrogen-bond donors (Lipinski definition) is 1. The van der Waals surface area contributed by atoms with E-state index >= 15 is 0 Å². The monoisotopic (exact) mass is 415 g/mol. The number of carbonyl (C=O) groups excluding carboxylic acids is 1. The van der Waals surface area contributed by atoms with Crippen molar-refractivity contribution < 1.29 is 17.9 Å². The second kappa shape index (κ2) is 9.19. The summed E-state index contributed by atoms with van der Waals surface area (Å²) in [6, 6.07) is 13.5. The molecule has 7 nitrogen and oxygen atoms in total. The Hall–Kier alpha value is -2.71. The number of carbonyl (C=O) groups is 1. The average molecular weight is 416 g/mol. The zero-order chi connectivity index (χ0) is 20.9. The number of rotatable bonds is 7. The summed E-state index contributed by atoms with van der Waals surface area (Å²) in [4.78, 5) is 12.7. The van der Waals surface area contributed by atoms with Crippen molar-refractivity contribution in [3.63, 3.8) is 0 Å². The summed E-state index contributed by atoms with van der Waals surface area (Å²) in [5.74, 6) is 0.284. The number of sulfonamides is 1. The number of nitrogens with zero attached hydrogens (tertiary/aromatic N) is 2. The van der Waals surface area contributed by atoms with Gasteiger partial charge in [0.05, 0.1) is 17.7 Å². The van der Waals surface area contributed by atoms with Gasteiger partial charge < -0.3 is 4.74 Å². The summed E-state index contributed by atoms with van der Waals surface area (Å²) in [5.41, 5.74) is 4.37. The van der Waals surface area contributed by atoms with E-state index in [1.807, 2.05) is 31.2 Å². The van der Waals surface area contributed by atoms with Crippen molar-refractivity contribution in [2.24, 2.45) is 5.10 Å².